The summed E-state index contributed by atoms with van der Waals surface area (Å²) in [6.07, 6.45) is 0.704. The number of aromatic nitrogens is 2. The van der Waals surface area contributed by atoms with E-state index >= 15 is 0 Å². The van der Waals surface area contributed by atoms with Crippen molar-refractivity contribution in [1.82, 2.24) is 14.9 Å². The van der Waals surface area contributed by atoms with Crippen molar-refractivity contribution in [2.45, 2.75) is 39.7 Å². The Morgan fingerprint density at radius 1 is 1.36 bits per heavy atom. The van der Waals surface area contributed by atoms with Gasteiger partial charge >= 0.3 is 0 Å². The molecule has 0 radical (unpaired) electrons. The first-order chi connectivity index (χ1) is 11.9. The van der Waals surface area contributed by atoms with Crippen LogP contribution in [0.2, 0.25) is 0 Å². The second-order valence-electron chi connectivity index (χ2n) is 6.75. The van der Waals surface area contributed by atoms with E-state index in [1.54, 1.807) is 0 Å². The molecule has 0 spiro atoms. The summed E-state index contributed by atoms with van der Waals surface area (Å²) >= 11 is 1.41. The van der Waals surface area contributed by atoms with Gasteiger partial charge in [0.15, 0.2) is 11.0 Å². The van der Waals surface area contributed by atoms with Gasteiger partial charge in [0.1, 0.15) is 11.5 Å². The number of anilines is 1. The first-order valence-electron chi connectivity index (χ1n) is 8.36. The summed E-state index contributed by atoms with van der Waals surface area (Å²) in [5.74, 6) is 1.92. The first kappa shape index (κ1) is 16.1. The highest BCUT2D eigenvalue weighted by Gasteiger charge is 2.27. The third-order valence-corrected chi connectivity index (χ3v) is 5.31. The molecule has 0 saturated heterocycles. The second-order valence-corrected chi connectivity index (χ2v) is 7.81. The zero-order valence-corrected chi connectivity index (χ0v) is 15.3. The first-order valence-corrected chi connectivity index (χ1v) is 9.18. The zero-order valence-electron chi connectivity index (χ0n) is 14.5. The fourth-order valence-electron chi connectivity index (χ4n) is 3.16. The molecule has 0 unspecified atom stereocenters. The molecule has 1 aliphatic rings. The molecular weight excluding hydrogens is 336 g/mol. The Morgan fingerprint density at radius 3 is 2.92 bits per heavy atom. The van der Waals surface area contributed by atoms with Crippen LogP contribution in [-0.4, -0.2) is 27.3 Å². The van der Waals surface area contributed by atoms with E-state index < -0.39 is 0 Å². The van der Waals surface area contributed by atoms with Gasteiger partial charge in [0.05, 0.1) is 16.8 Å². The molecule has 1 aliphatic heterocycles. The number of rotatable bonds is 2. The average molecular weight is 356 g/mol. The van der Waals surface area contributed by atoms with Crippen LogP contribution in [0.25, 0.3) is 10.2 Å². The van der Waals surface area contributed by atoms with Crippen LogP contribution in [0.1, 0.15) is 53.0 Å². The van der Waals surface area contributed by atoms with Crippen molar-refractivity contribution in [1.29, 1.82) is 0 Å². The number of hydrogen-bond donors (Lipinski definition) is 1. The summed E-state index contributed by atoms with van der Waals surface area (Å²) in [5, 5.41) is 0.522. The molecule has 0 bridgehead atoms. The number of nitrogen functional groups attached to an aromatic ring is 1. The summed E-state index contributed by atoms with van der Waals surface area (Å²) < 4.78 is 6.76. The zero-order chi connectivity index (χ0) is 17.7. The molecule has 3 aromatic rings. The van der Waals surface area contributed by atoms with Crippen molar-refractivity contribution in [3.63, 3.8) is 0 Å². The lowest BCUT2D eigenvalue weighted by atomic mass is 10.1. The van der Waals surface area contributed by atoms with E-state index in [0.717, 1.165) is 33.1 Å². The third-order valence-electron chi connectivity index (χ3n) is 4.47. The number of oxazole rings is 1. The maximum absolute atomic E-state index is 13.0. The minimum absolute atomic E-state index is 0.0109. The molecule has 0 saturated carbocycles. The van der Waals surface area contributed by atoms with Crippen molar-refractivity contribution in [2.75, 3.05) is 12.3 Å². The van der Waals surface area contributed by atoms with Gasteiger partial charge in [-0.25, -0.2) is 9.97 Å². The largest absolute Gasteiger partial charge is 0.445 e. The van der Waals surface area contributed by atoms with Crippen molar-refractivity contribution < 1.29 is 9.21 Å². The average Bonchev–Trinajstić information content (AvgIpc) is 3.16. The number of fused-ring (bicyclic) bond motifs is 2. The fourth-order valence-corrected chi connectivity index (χ4v) is 4.01. The maximum atomic E-state index is 13.0. The van der Waals surface area contributed by atoms with Crippen LogP contribution in [0.5, 0.6) is 0 Å². The normalized spacial score (nSPS) is 14.3. The summed E-state index contributed by atoms with van der Waals surface area (Å²) in [7, 11) is 0. The SMILES string of the molecule is Cc1cc(C(=O)N2CCc3oc(C(C)C)nc3C2)cc2sc(N)nc12. The molecule has 3 heterocycles. The van der Waals surface area contributed by atoms with Crippen molar-refractivity contribution >= 4 is 32.6 Å². The van der Waals surface area contributed by atoms with Crippen LogP contribution in [0.15, 0.2) is 16.5 Å². The predicted octanol–water partition coefficient (Wildman–Crippen LogP) is 3.50. The van der Waals surface area contributed by atoms with E-state index in [0.29, 0.717) is 30.2 Å². The van der Waals surface area contributed by atoms with Crippen LogP contribution in [0.4, 0.5) is 5.13 Å². The van der Waals surface area contributed by atoms with Gasteiger partial charge in [0.25, 0.3) is 5.91 Å². The molecule has 2 aromatic heterocycles. The number of amides is 1. The summed E-state index contributed by atoms with van der Waals surface area (Å²) in [6, 6.07) is 3.78. The van der Waals surface area contributed by atoms with Crippen molar-refractivity contribution in [3.05, 3.63) is 40.6 Å². The van der Waals surface area contributed by atoms with E-state index in [9.17, 15) is 4.79 Å². The van der Waals surface area contributed by atoms with Gasteiger partial charge in [-0.15, -0.1) is 0 Å². The molecule has 0 atom stereocenters. The standard InChI is InChI=1S/C18H20N4O2S/c1-9(2)16-20-12-8-22(5-4-13(12)24-16)17(23)11-6-10(3)15-14(7-11)25-18(19)21-15/h6-7,9H,4-5,8H2,1-3H3,(H2,19,21). The van der Waals surface area contributed by atoms with Gasteiger partial charge in [-0.05, 0) is 24.6 Å². The number of aryl methyl sites for hydroxylation is 1. The highest BCUT2D eigenvalue weighted by Crippen LogP contribution is 2.29. The molecule has 1 amide bonds. The van der Waals surface area contributed by atoms with E-state index in [2.05, 4.69) is 23.8 Å². The smallest absolute Gasteiger partial charge is 0.254 e. The minimum atomic E-state index is 0.0109. The maximum Gasteiger partial charge on any atom is 0.254 e. The molecule has 25 heavy (non-hydrogen) atoms. The van der Waals surface area contributed by atoms with Gasteiger partial charge in [0, 0.05) is 24.4 Å². The van der Waals surface area contributed by atoms with Crippen molar-refractivity contribution in [2.24, 2.45) is 0 Å². The van der Waals surface area contributed by atoms with E-state index in [1.165, 1.54) is 11.3 Å². The number of carbonyl (C=O) groups is 1. The monoisotopic (exact) mass is 356 g/mol. The van der Waals surface area contributed by atoms with Crippen molar-refractivity contribution in [3.8, 4) is 0 Å². The van der Waals surface area contributed by atoms with E-state index in [-0.39, 0.29) is 11.8 Å². The highest BCUT2D eigenvalue weighted by molar-refractivity contribution is 7.22. The lowest BCUT2D eigenvalue weighted by Gasteiger charge is -2.25. The topological polar surface area (TPSA) is 85.2 Å². The molecule has 0 fully saturated rings. The minimum Gasteiger partial charge on any atom is -0.445 e. The molecule has 1 aromatic carbocycles. The summed E-state index contributed by atoms with van der Waals surface area (Å²) in [6.45, 7) is 7.20. The Bertz CT molecular complexity index is 973. The summed E-state index contributed by atoms with van der Waals surface area (Å²) in [5.41, 5.74) is 9.19. The number of carbonyl (C=O) groups excluding carboxylic acids is 1. The summed E-state index contributed by atoms with van der Waals surface area (Å²) in [4.78, 5) is 23.7. The number of thiazole rings is 1. The van der Waals surface area contributed by atoms with Gasteiger partial charge < -0.3 is 15.1 Å². The molecule has 7 heteroatoms. The number of nitrogens with zero attached hydrogens (tertiary/aromatic N) is 3. The van der Waals surface area contributed by atoms with Crippen LogP contribution in [-0.2, 0) is 13.0 Å². The molecule has 0 aliphatic carbocycles. The van der Waals surface area contributed by atoms with Gasteiger partial charge in [-0.1, -0.05) is 25.2 Å². The van der Waals surface area contributed by atoms with E-state index in [1.807, 2.05) is 24.0 Å². The highest BCUT2D eigenvalue weighted by atomic mass is 32.1. The van der Waals surface area contributed by atoms with Crippen LogP contribution < -0.4 is 5.73 Å². The fraction of sp³-hybridized carbons (Fsp3) is 0.389. The Hall–Kier alpha value is -2.41. The van der Waals surface area contributed by atoms with E-state index in [4.69, 9.17) is 10.2 Å². The second kappa shape index (κ2) is 5.84. The lowest BCUT2D eigenvalue weighted by Crippen LogP contribution is -2.35. The van der Waals surface area contributed by atoms with Crippen LogP contribution in [0, 0.1) is 6.92 Å². The van der Waals surface area contributed by atoms with Gasteiger partial charge in [0.2, 0.25) is 0 Å². The molecule has 2 N–H and O–H groups in total. The number of benzene rings is 1. The van der Waals surface area contributed by atoms with Gasteiger partial charge in [-0.2, -0.15) is 0 Å². The Kier molecular flexibility index (Phi) is 3.76. The Morgan fingerprint density at radius 2 is 2.16 bits per heavy atom. The molecule has 130 valence electrons. The molecular formula is C18H20N4O2S. The quantitative estimate of drug-likeness (QED) is 0.759. The molecule has 6 nitrogen and oxygen atoms in total. The number of nitrogens with two attached hydrogens (primary N) is 1. The Labute approximate surface area is 149 Å². The molecule has 4 rings (SSSR count). The third kappa shape index (κ3) is 2.78. The lowest BCUT2D eigenvalue weighted by molar-refractivity contribution is 0.0728. The number of hydrogen-bond acceptors (Lipinski definition) is 6. The van der Waals surface area contributed by atoms with Crippen LogP contribution >= 0.6 is 11.3 Å². The Balaban J connectivity index is 1.63. The van der Waals surface area contributed by atoms with Crippen LogP contribution in [0.3, 0.4) is 0 Å². The predicted molar refractivity (Wildman–Crippen MR) is 97.8 cm³/mol. The van der Waals surface area contributed by atoms with Gasteiger partial charge in [-0.3, -0.25) is 4.79 Å².